The summed E-state index contributed by atoms with van der Waals surface area (Å²) in [5.41, 5.74) is 0.138. The molecule has 2 rings (SSSR count). The molecule has 0 aromatic heterocycles. The molecule has 0 aliphatic heterocycles. The number of aliphatic hydroxyl groups excluding tert-OH is 1. The lowest BCUT2D eigenvalue weighted by Crippen LogP contribution is -2.39. The summed E-state index contributed by atoms with van der Waals surface area (Å²) in [6.45, 7) is 0.0180. The molecule has 1 saturated carbocycles. The Morgan fingerprint density at radius 2 is 1.86 bits per heavy atom. The summed E-state index contributed by atoms with van der Waals surface area (Å²) in [5.74, 6) is -0.137. The topological polar surface area (TPSA) is 69.6 Å². The zero-order valence-electron chi connectivity index (χ0n) is 12.4. The summed E-state index contributed by atoms with van der Waals surface area (Å²) in [4.78, 5) is 12.2. The molecule has 1 aromatic rings. The van der Waals surface area contributed by atoms with E-state index >= 15 is 0 Å². The second-order valence-electron chi connectivity index (χ2n) is 6.00. The van der Waals surface area contributed by atoms with E-state index in [9.17, 15) is 15.0 Å². The molecule has 1 unspecified atom stereocenters. The molecule has 1 amide bonds. The van der Waals surface area contributed by atoms with Crippen LogP contribution in [0.5, 0.6) is 0 Å². The number of aliphatic hydroxyl groups is 2. The van der Waals surface area contributed by atoms with Gasteiger partial charge in [-0.1, -0.05) is 49.6 Å². The van der Waals surface area contributed by atoms with E-state index in [1.165, 1.54) is 0 Å². The minimum absolute atomic E-state index is 0.0180. The van der Waals surface area contributed by atoms with Crippen LogP contribution in [0.4, 0.5) is 0 Å². The van der Waals surface area contributed by atoms with Crippen molar-refractivity contribution >= 4 is 5.91 Å². The van der Waals surface area contributed by atoms with Crippen LogP contribution in [-0.2, 0) is 4.79 Å². The average molecular weight is 291 g/mol. The molecule has 0 saturated heterocycles. The van der Waals surface area contributed by atoms with E-state index in [0.717, 1.165) is 24.8 Å². The molecular formula is C17H25NO3. The summed E-state index contributed by atoms with van der Waals surface area (Å²) in [7, 11) is 0. The van der Waals surface area contributed by atoms with Crippen LogP contribution < -0.4 is 5.32 Å². The molecule has 1 fully saturated rings. The zero-order chi connectivity index (χ0) is 15.1. The maximum atomic E-state index is 12.2. The fourth-order valence-electron chi connectivity index (χ4n) is 3.07. The Morgan fingerprint density at radius 3 is 2.48 bits per heavy atom. The fraction of sp³-hybridized carbons (Fsp3) is 0.588. The number of hydrogen-bond acceptors (Lipinski definition) is 3. The standard InChI is InChI=1S/C17H25NO3/c19-12-9-15(14-7-3-1-4-8-14)18-16(20)13-17(21)10-5-2-6-11-17/h1,3-4,7-8,15,19,21H,2,5-6,9-13H2,(H,18,20). The first-order chi connectivity index (χ1) is 10.1. The van der Waals surface area contributed by atoms with E-state index in [0.29, 0.717) is 19.3 Å². The molecular weight excluding hydrogens is 266 g/mol. The van der Waals surface area contributed by atoms with Crippen molar-refractivity contribution in [3.05, 3.63) is 35.9 Å². The summed E-state index contributed by atoms with van der Waals surface area (Å²) in [5, 5.41) is 22.6. The van der Waals surface area contributed by atoms with Gasteiger partial charge in [0.2, 0.25) is 5.91 Å². The van der Waals surface area contributed by atoms with Gasteiger partial charge in [0.05, 0.1) is 18.1 Å². The number of carbonyl (C=O) groups excluding carboxylic acids is 1. The largest absolute Gasteiger partial charge is 0.396 e. The molecule has 0 spiro atoms. The first-order valence-electron chi connectivity index (χ1n) is 7.80. The molecule has 3 N–H and O–H groups in total. The van der Waals surface area contributed by atoms with Gasteiger partial charge in [-0.2, -0.15) is 0 Å². The third-order valence-corrected chi connectivity index (χ3v) is 4.23. The van der Waals surface area contributed by atoms with Gasteiger partial charge < -0.3 is 15.5 Å². The van der Waals surface area contributed by atoms with Gasteiger partial charge in [0.25, 0.3) is 0 Å². The van der Waals surface area contributed by atoms with Crippen LogP contribution in [0.2, 0.25) is 0 Å². The highest BCUT2D eigenvalue weighted by atomic mass is 16.3. The summed E-state index contributed by atoms with van der Waals surface area (Å²) >= 11 is 0. The lowest BCUT2D eigenvalue weighted by Gasteiger charge is -2.32. The summed E-state index contributed by atoms with van der Waals surface area (Å²) < 4.78 is 0. The van der Waals surface area contributed by atoms with Crippen molar-refractivity contribution in [1.29, 1.82) is 0 Å². The van der Waals surface area contributed by atoms with E-state index in [1.807, 2.05) is 30.3 Å². The van der Waals surface area contributed by atoms with Crippen LogP contribution in [0.15, 0.2) is 30.3 Å². The fourth-order valence-corrected chi connectivity index (χ4v) is 3.07. The monoisotopic (exact) mass is 291 g/mol. The van der Waals surface area contributed by atoms with Gasteiger partial charge in [-0.3, -0.25) is 4.79 Å². The predicted octanol–water partition coefficient (Wildman–Crippen LogP) is 2.31. The minimum Gasteiger partial charge on any atom is -0.396 e. The highest BCUT2D eigenvalue weighted by Crippen LogP contribution is 2.31. The first kappa shape index (κ1) is 16.0. The number of nitrogens with one attached hydrogen (secondary N) is 1. The Labute approximate surface area is 126 Å². The van der Waals surface area contributed by atoms with E-state index in [2.05, 4.69) is 5.32 Å². The van der Waals surface area contributed by atoms with Crippen molar-refractivity contribution < 1.29 is 15.0 Å². The molecule has 1 aliphatic carbocycles. The minimum atomic E-state index is -0.844. The molecule has 21 heavy (non-hydrogen) atoms. The van der Waals surface area contributed by atoms with E-state index in [1.54, 1.807) is 0 Å². The highest BCUT2D eigenvalue weighted by molar-refractivity contribution is 5.77. The number of amides is 1. The Bertz CT molecular complexity index is 441. The maximum absolute atomic E-state index is 12.2. The number of rotatable bonds is 6. The summed E-state index contributed by atoms with van der Waals surface area (Å²) in [6, 6.07) is 9.44. The predicted molar refractivity (Wildman–Crippen MR) is 81.7 cm³/mol. The summed E-state index contributed by atoms with van der Waals surface area (Å²) in [6.07, 6.45) is 5.16. The van der Waals surface area contributed by atoms with E-state index in [4.69, 9.17) is 0 Å². The van der Waals surface area contributed by atoms with Crippen LogP contribution >= 0.6 is 0 Å². The van der Waals surface area contributed by atoms with Gasteiger partial charge in [0.1, 0.15) is 0 Å². The van der Waals surface area contributed by atoms with Crippen LogP contribution in [0, 0.1) is 0 Å². The van der Waals surface area contributed by atoms with Gasteiger partial charge in [0, 0.05) is 6.61 Å². The van der Waals surface area contributed by atoms with Crippen LogP contribution in [0.1, 0.15) is 56.6 Å². The van der Waals surface area contributed by atoms with Crippen molar-refractivity contribution in [2.45, 2.75) is 56.6 Å². The van der Waals surface area contributed by atoms with Crippen LogP contribution in [0.3, 0.4) is 0 Å². The normalized spacial score (nSPS) is 19.0. The van der Waals surface area contributed by atoms with Gasteiger partial charge >= 0.3 is 0 Å². The van der Waals surface area contributed by atoms with Crippen molar-refractivity contribution in [3.63, 3.8) is 0 Å². The third-order valence-electron chi connectivity index (χ3n) is 4.23. The lowest BCUT2D eigenvalue weighted by atomic mass is 9.82. The van der Waals surface area contributed by atoms with E-state index in [-0.39, 0.29) is 25.0 Å². The van der Waals surface area contributed by atoms with Gasteiger partial charge in [-0.25, -0.2) is 0 Å². The Hall–Kier alpha value is -1.39. The van der Waals surface area contributed by atoms with Crippen LogP contribution in [0.25, 0.3) is 0 Å². The number of carbonyl (C=O) groups is 1. The molecule has 1 atom stereocenters. The molecule has 0 heterocycles. The van der Waals surface area contributed by atoms with Gasteiger partial charge in [0.15, 0.2) is 0 Å². The van der Waals surface area contributed by atoms with Crippen LogP contribution in [-0.4, -0.2) is 28.3 Å². The average Bonchev–Trinajstić information content (AvgIpc) is 2.48. The molecule has 4 heteroatoms. The van der Waals surface area contributed by atoms with E-state index < -0.39 is 5.60 Å². The number of benzene rings is 1. The van der Waals surface area contributed by atoms with Gasteiger partial charge in [-0.15, -0.1) is 0 Å². The first-order valence-corrected chi connectivity index (χ1v) is 7.80. The number of hydrogen-bond donors (Lipinski definition) is 3. The smallest absolute Gasteiger partial charge is 0.223 e. The Morgan fingerprint density at radius 1 is 1.19 bits per heavy atom. The van der Waals surface area contributed by atoms with Crippen molar-refractivity contribution in [2.24, 2.45) is 0 Å². The SMILES string of the molecule is O=C(CC1(O)CCCCC1)NC(CCO)c1ccccc1. The molecule has 4 nitrogen and oxygen atoms in total. The lowest BCUT2D eigenvalue weighted by molar-refractivity contribution is -0.128. The second-order valence-corrected chi connectivity index (χ2v) is 6.00. The molecule has 1 aliphatic rings. The Balaban J connectivity index is 1.95. The van der Waals surface area contributed by atoms with Crippen molar-refractivity contribution in [2.75, 3.05) is 6.61 Å². The van der Waals surface area contributed by atoms with Gasteiger partial charge in [-0.05, 0) is 24.8 Å². The molecule has 0 radical (unpaired) electrons. The van der Waals surface area contributed by atoms with Crippen molar-refractivity contribution in [3.8, 4) is 0 Å². The zero-order valence-corrected chi connectivity index (χ0v) is 12.4. The molecule has 1 aromatic carbocycles. The quantitative estimate of drug-likeness (QED) is 0.753. The maximum Gasteiger partial charge on any atom is 0.223 e. The highest BCUT2D eigenvalue weighted by Gasteiger charge is 2.32. The third kappa shape index (κ3) is 4.83. The molecule has 0 bridgehead atoms. The molecule has 116 valence electrons. The Kier molecular flexibility index (Phi) is 5.76. The second kappa shape index (κ2) is 7.57. The van der Waals surface area contributed by atoms with Crippen molar-refractivity contribution in [1.82, 2.24) is 5.32 Å².